The van der Waals surface area contributed by atoms with Gasteiger partial charge in [0.05, 0.1) is 6.04 Å². The van der Waals surface area contributed by atoms with Gasteiger partial charge >= 0.3 is 0 Å². The molecule has 146 valence electrons. The van der Waals surface area contributed by atoms with Crippen LogP contribution in [0.3, 0.4) is 0 Å². The van der Waals surface area contributed by atoms with Crippen LogP contribution in [0, 0.1) is 25.2 Å². The Morgan fingerprint density at radius 2 is 2.07 bits per heavy atom. The van der Waals surface area contributed by atoms with Crippen LogP contribution in [0.4, 0.5) is 0 Å². The van der Waals surface area contributed by atoms with Gasteiger partial charge in [0.25, 0.3) is 5.91 Å². The van der Waals surface area contributed by atoms with E-state index in [1.807, 2.05) is 51.1 Å². The van der Waals surface area contributed by atoms with Crippen LogP contribution < -0.4 is 14.8 Å². The van der Waals surface area contributed by atoms with Crippen molar-refractivity contribution in [1.82, 2.24) is 9.88 Å². The van der Waals surface area contributed by atoms with E-state index in [0.717, 1.165) is 35.5 Å². The molecule has 2 heterocycles. The summed E-state index contributed by atoms with van der Waals surface area (Å²) in [5, 5.41) is 12.4. The molecular formula is C22H25N3O3. The molecule has 1 aromatic heterocycles. The molecule has 0 saturated carbocycles. The molecule has 0 spiro atoms. The van der Waals surface area contributed by atoms with Gasteiger partial charge in [0.1, 0.15) is 11.6 Å². The fourth-order valence-corrected chi connectivity index (χ4v) is 3.39. The molecule has 6 heteroatoms. The lowest BCUT2D eigenvalue weighted by molar-refractivity contribution is -0.117. The Balaban J connectivity index is 1.77. The minimum atomic E-state index is -0.395. The van der Waals surface area contributed by atoms with Gasteiger partial charge in [-0.15, -0.1) is 0 Å². The number of ether oxygens (including phenoxy) is 2. The molecule has 1 aliphatic heterocycles. The molecule has 0 aliphatic carbocycles. The average molecular weight is 379 g/mol. The van der Waals surface area contributed by atoms with Gasteiger partial charge in [-0.25, -0.2) is 0 Å². The summed E-state index contributed by atoms with van der Waals surface area (Å²) in [6.07, 6.45) is 2.69. The number of benzene rings is 1. The predicted molar refractivity (Wildman–Crippen MR) is 107 cm³/mol. The number of rotatable bonds is 6. The monoisotopic (exact) mass is 379 g/mol. The summed E-state index contributed by atoms with van der Waals surface area (Å²) in [6.45, 7) is 9.17. The lowest BCUT2D eigenvalue weighted by Gasteiger charge is -2.14. The van der Waals surface area contributed by atoms with Crippen molar-refractivity contribution in [3.05, 3.63) is 52.4 Å². The third kappa shape index (κ3) is 3.89. The van der Waals surface area contributed by atoms with Crippen LogP contribution in [0.1, 0.15) is 48.8 Å². The molecule has 3 rings (SSSR count). The van der Waals surface area contributed by atoms with Gasteiger partial charge in [-0.3, -0.25) is 4.79 Å². The highest BCUT2D eigenvalue weighted by molar-refractivity contribution is 6.02. The van der Waals surface area contributed by atoms with Gasteiger partial charge in [-0.1, -0.05) is 13.0 Å². The van der Waals surface area contributed by atoms with Gasteiger partial charge in [-0.2, -0.15) is 5.26 Å². The van der Waals surface area contributed by atoms with Crippen molar-refractivity contribution < 1.29 is 14.3 Å². The van der Waals surface area contributed by atoms with Crippen molar-refractivity contribution >= 4 is 12.0 Å². The molecule has 0 bridgehead atoms. The minimum Gasteiger partial charge on any atom is -0.454 e. The molecule has 2 aromatic rings. The highest BCUT2D eigenvalue weighted by Crippen LogP contribution is 2.34. The number of nitrogens with one attached hydrogen (secondary N) is 1. The zero-order valence-electron chi connectivity index (χ0n) is 16.7. The first kappa shape index (κ1) is 19.6. The highest BCUT2D eigenvalue weighted by atomic mass is 16.7. The number of fused-ring (bicyclic) bond motifs is 1. The maximum absolute atomic E-state index is 12.7. The summed E-state index contributed by atoms with van der Waals surface area (Å²) in [5.41, 5.74) is 4.05. The summed E-state index contributed by atoms with van der Waals surface area (Å²) in [5.74, 6) is 0.966. The van der Waals surface area contributed by atoms with E-state index in [0.29, 0.717) is 11.5 Å². The van der Waals surface area contributed by atoms with Gasteiger partial charge in [0.15, 0.2) is 11.5 Å². The molecule has 1 N–H and O–H groups in total. The average Bonchev–Trinajstić information content (AvgIpc) is 3.25. The van der Waals surface area contributed by atoms with E-state index >= 15 is 0 Å². The van der Waals surface area contributed by atoms with Crippen LogP contribution >= 0.6 is 0 Å². The summed E-state index contributed by atoms with van der Waals surface area (Å²) in [6, 6.07) is 9.32. The summed E-state index contributed by atoms with van der Waals surface area (Å²) in [7, 11) is 0. The van der Waals surface area contributed by atoms with E-state index in [9.17, 15) is 10.1 Å². The predicted octanol–water partition coefficient (Wildman–Crippen LogP) is 4.03. The molecule has 1 aromatic carbocycles. The van der Waals surface area contributed by atoms with Gasteiger partial charge in [-0.05, 0) is 62.6 Å². The fourth-order valence-electron chi connectivity index (χ4n) is 3.39. The molecule has 1 aliphatic rings. The lowest BCUT2D eigenvalue weighted by atomic mass is 10.1. The molecule has 1 amide bonds. The van der Waals surface area contributed by atoms with Gasteiger partial charge in [0, 0.05) is 17.9 Å². The highest BCUT2D eigenvalue weighted by Gasteiger charge is 2.19. The maximum Gasteiger partial charge on any atom is 0.262 e. The lowest BCUT2D eigenvalue weighted by Crippen LogP contribution is -2.27. The van der Waals surface area contributed by atoms with Crippen molar-refractivity contribution in [3.63, 3.8) is 0 Å². The molecule has 6 nitrogen and oxygen atoms in total. The smallest absolute Gasteiger partial charge is 0.262 e. The van der Waals surface area contributed by atoms with Crippen molar-refractivity contribution in [1.29, 1.82) is 5.26 Å². The van der Waals surface area contributed by atoms with Gasteiger partial charge < -0.3 is 19.4 Å². The van der Waals surface area contributed by atoms with Crippen LogP contribution in [0.2, 0.25) is 0 Å². The third-order valence-electron chi connectivity index (χ3n) is 4.97. The Hall–Kier alpha value is -3.20. The Morgan fingerprint density at radius 3 is 2.79 bits per heavy atom. The van der Waals surface area contributed by atoms with Crippen molar-refractivity contribution in [2.45, 2.75) is 46.7 Å². The van der Waals surface area contributed by atoms with Gasteiger partial charge in [0.2, 0.25) is 6.79 Å². The first-order valence-corrected chi connectivity index (χ1v) is 9.43. The molecule has 0 saturated heterocycles. The zero-order chi connectivity index (χ0) is 20.3. The Kier molecular flexibility index (Phi) is 5.74. The van der Waals surface area contributed by atoms with Crippen LogP contribution in [-0.4, -0.2) is 17.3 Å². The van der Waals surface area contributed by atoms with E-state index in [2.05, 4.69) is 16.8 Å². The third-order valence-corrected chi connectivity index (χ3v) is 4.97. The number of nitriles is 1. The largest absolute Gasteiger partial charge is 0.454 e. The van der Waals surface area contributed by atoms with Crippen LogP contribution in [-0.2, 0) is 11.3 Å². The summed E-state index contributed by atoms with van der Waals surface area (Å²) in [4.78, 5) is 12.7. The van der Waals surface area contributed by atoms with Crippen molar-refractivity contribution in [2.75, 3.05) is 6.79 Å². The first-order chi connectivity index (χ1) is 13.4. The fraction of sp³-hybridized carbons (Fsp3) is 0.364. The Labute approximate surface area is 165 Å². The second-order valence-corrected chi connectivity index (χ2v) is 6.96. The molecule has 0 fully saturated rings. The quantitative estimate of drug-likeness (QED) is 0.607. The normalized spacial score (nSPS) is 13.9. The zero-order valence-corrected chi connectivity index (χ0v) is 16.7. The minimum absolute atomic E-state index is 0.0874. The molecule has 1 atom stereocenters. The van der Waals surface area contributed by atoms with E-state index < -0.39 is 5.91 Å². The molecule has 1 unspecified atom stereocenters. The standard InChI is InChI=1S/C22H25N3O3/c1-5-8-25-14(2)9-18(16(25)4)10-19(12-23)22(26)24-15(3)17-6-7-20-21(11-17)28-13-27-20/h6-7,9-11,15H,5,8,13H2,1-4H3,(H,24,26)/b19-10+. The molecular weight excluding hydrogens is 354 g/mol. The number of hydrogen-bond acceptors (Lipinski definition) is 4. The van der Waals surface area contributed by atoms with E-state index in [1.54, 1.807) is 6.08 Å². The van der Waals surface area contributed by atoms with Crippen LogP contribution in [0.5, 0.6) is 11.5 Å². The number of carbonyl (C=O) groups is 1. The second-order valence-electron chi connectivity index (χ2n) is 6.96. The Bertz CT molecular complexity index is 966. The summed E-state index contributed by atoms with van der Waals surface area (Å²) < 4.78 is 12.9. The maximum atomic E-state index is 12.7. The number of aryl methyl sites for hydroxylation is 1. The summed E-state index contributed by atoms with van der Waals surface area (Å²) >= 11 is 0. The number of amides is 1. The van der Waals surface area contributed by atoms with E-state index in [1.165, 1.54) is 0 Å². The van der Waals surface area contributed by atoms with Crippen LogP contribution in [0.15, 0.2) is 29.8 Å². The number of aromatic nitrogens is 1. The first-order valence-electron chi connectivity index (χ1n) is 9.43. The van der Waals surface area contributed by atoms with E-state index in [-0.39, 0.29) is 18.4 Å². The second kappa shape index (κ2) is 8.22. The Morgan fingerprint density at radius 1 is 1.32 bits per heavy atom. The molecule has 0 radical (unpaired) electrons. The SMILES string of the molecule is CCCn1c(C)cc(/C=C(\C#N)C(=O)NC(C)c2ccc3c(c2)OCO3)c1C. The molecule has 28 heavy (non-hydrogen) atoms. The number of nitrogens with zero attached hydrogens (tertiary/aromatic N) is 2. The van der Waals surface area contributed by atoms with Crippen molar-refractivity contribution in [3.8, 4) is 17.6 Å². The van der Waals surface area contributed by atoms with Crippen molar-refractivity contribution in [2.24, 2.45) is 0 Å². The van der Waals surface area contributed by atoms with E-state index in [4.69, 9.17) is 9.47 Å². The number of carbonyl (C=O) groups excluding carboxylic acids is 1. The topological polar surface area (TPSA) is 76.3 Å². The van der Waals surface area contributed by atoms with Crippen LogP contribution in [0.25, 0.3) is 6.08 Å². The number of hydrogen-bond donors (Lipinski definition) is 1.